The molecule has 0 saturated carbocycles. The van der Waals surface area contributed by atoms with E-state index in [0.717, 1.165) is 5.75 Å². The molecule has 0 aliphatic carbocycles. The van der Waals surface area contributed by atoms with Gasteiger partial charge < -0.3 is 15.0 Å². The summed E-state index contributed by atoms with van der Waals surface area (Å²) in [6.45, 7) is 8.94. The highest BCUT2D eigenvalue weighted by Crippen LogP contribution is 2.36. The molecule has 2 aliphatic rings. The summed E-state index contributed by atoms with van der Waals surface area (Å²) in [5.41, 5.74) is 1.95. The Balaban J connectivity index is 1.60. The summed E-state index contributed by atoms with van der Waals surface area (Å²) in [6, 6.07) is 8.55. The fraction of sp³-hybridized carbons (Fsp3) is 0.625. The molecule has 0 radical (unpaired) electrons. The van der Waals surface area contributed by atoms with Gasteiger partial charge in [-0.25, -0.2) is 0 Å². The Hall–Kier alpha value is -1.22. The van der Waals surface area contributed by atoms with Crippen molar-refractivity contribution in [1.82, 2.24) is 5.32 Å². The van der Waals surface area contributed by atoms with Crippen molar-refractivity contribution >= 4 is 5.69 Å². The summed E-state index contributed by atoms with van der Waals surface area (Å²) >= 11 is 0. The van der Waals surface area contributed by atoms with Crippen LogP contribution in [0.5, 0.6) is 5.75 Å². The Morgan fingerprint density at radius 2 is 1.74 bits per heavy atom. The van der Waals surface area contributed by atoms with Gasteiger partial charge in [-0.15, -0.1) is 0 Å². The SMILES string of the molecule is CC(C)Oc1ccc(N2CCC3(CC2)CNC3)cc1. The van der Waals surface area contributed by atoms with E-state index in [1.807, 2.05) is 0 Å². The van der Waals surface area contributed by atoms with Gasteiger partial charge in [-0.1, -0.05) is 0 Å². The van der Waals surface area contributed by atoms with Crippen LogP contribution in [0.3, 0.4) is 0 Å². The largest absolute Gasteiger partial charge is 0.491 e. The highest BCUT2D eigenvalue weighted by atomic mass is 16.5. The number of anilines is 1. The lowest BCUT2D eigenvalue weighted by Gasteiger charge is -2.49. The molecule has 3 heteroatoms. The van der Waals surface area contributed by atoms with E-state index in [4.69, 9.17) is 4.74 Å². The Bertz CT molecular complexity index is 413. The van der Waals surface area contributed by atoms with Crippen LogP contribution in [0, 0.1) is 5.41 Å². The molecule has 2 saturated heterocycles. The molecule has 0 atom stereocenters. The molecule has 1 aromatic carbocycles. The van der Waals surface area contributed by atoms with E-state index in [2.05, 4.69) is 48.3 Å². The highest BCUT2D eigenvalue weighted by Gasteiger charge is 2.39. The summed E-state index contributed by atoms with van der Waals surface area (Å²) in [6.07, 6.45) is 2.89. The monoisotopic (exact) mass is 260 g/mol. The molecule has 1 N–H and O–H groups in total. The number of hydrogen-bond donors (Lipinski definition) is 1. The average Bonchev–Trinajstić information content (AvgIpc) is 2.37. The maximum Gasteiger partial charge on any atom is 0.119 e. The van der Waals surface area contributed by atoms with Crippen LogP contribution < -0.4 is 15.0 Å². The van der Waals surface area contributed by atoms with Gasteiger partial charge in [0, 0.05) is 31.9 Å². The first-order valence-corrected chi connectivity index (χ1v) is 7.39. The maximum atomic E-state index is 5.69. The van der Waals surface area contributed by atoms with Crippen molar-refractivity contribution in [2.75, 3.05) is 31.1 Å². The second-order valence-corrected chi connectivity index (χ2v) is 6.25. The molecular formula is C16H24N2O. The summed E-state index contributed by atoms with van der Waals surface area (Å²) in [7, 11) is 0. The van der Waals surface area contributed by atoms with Gasteiger partial charge in [-0.3, -0.25) is 0 Å². The molecule has 3 nitrogen and oxygen atoms in total. The molecule has 19 heavy (non-hydrogen) atoms. The van der Waals surface area contributed by atoms with Crippen molar-refractivity contribution in [1.29, 1.82) is 0 Å². The minimum atomic E-state index is 0.242. The Labute approximate surface area is 115 Å². The number of ether oxygens (including phenoxy) is 1. The molecular weight excluding hydrogens is 236 g/mol. The minimum absolute atomic E-state index is 0.242. The summed E-state index contributed by atoms with van der Waals surface area (Å²) in [4.78, 5) is 2.50. The summed E-state index contributed by atoms with van der Waals surface area (Å²) < 4.78 is 5.69. The summed E-state index contributed by atoms with van der Waals surface area (Å²) in [5, 5.41) is 3.42. The maximum absolute atomic E-state index is 5.69. The smallest absolute Gasteiger partial charge is 0.119 e. The first kappa shape index (κ1) is 12.8. The van der Waals surface area contributed by atoms with Crippen LogP contribution in [0.2, 0.25) is 0 Å². The van der Waals surface area contributed by atoms with Gasteiger partial charge in [0.1, 0.15) is 5.75 Å². The second kappa shape index (κ2) is 5.04. The van der Waals surface area contributed by atoms with Gasteiger partial charge in [-0.2, -0.15) is 0 Å². The quantitative estimate of drug-likeness (QED) is 0.904. The van der Waals surface area contributed by atoms with Gasteiger partial charge in [0.25, 0.3) is 0 Å². The van der Waals surface area contributed by atoms with Gasteiger partial charge in [0.15, 0.2) is 0 Å². The fourth-order valence-electron chi connectivity index (χ4n) is 3.08. The van der Waals surface area contributed by atoms with Crippen molar-refractivity contribution in [2.24, 2.45) is 5.41 Å². The zero-order chi connectivity index (χ0) is 13.3. The van der Waals surface area contributed by atoms with Crippen molar-refractivity contribution in [3.05, 3.63) is 24.3 Å². The van der Waals surface area contributed by atoms with Gasteiger partial charge in [-0.05, 0) is 56.4 Å². The number of benzene rings is 1. The summed E-state index contributed by atoms with van der Waals surface area (Å²) in [5.74, 6) is 0.968. The first-order valence-electron chi connectivity index (χ1n) is 7.39. The zero-order valence-electron chi connectivity index (χ0n) is 12.0. The van der Waals surface area contributed by atoms with Crippen molar-refractivity contribution in [3.8, 4) is 5.75 Å². The van der Waals surface area contributed by atoms with Crippen LogP contribution in [0.25, 0.3) is 0 Å². The zero-order valence-corrected chi connectivity index (χ0v) is 12.0. The van der Waals surface area contributed by atoms with Crippen LogP contribution >= 0.6 is 0 Å². The van der Waals surface area contributed by atoms with E-state index >= 15 is 0 Å². The Kier molecular flexibility index (Phi) is 3.40. The van der Waals surface area contributed by atoms with Crippen molar-refractivity contribution < 1.29 is 4.74 Å². The van der Waals surface area contributed by atoms with Gasteiger partial charge >= 0.3 is 0 Å². The van der Waals surface area contributed by atoms with E-state index in [0.29, 0.717) is 5.41 Å². The lowest BCUT2D eigenvalue weighted by Crippen LogP contribution is -2.58. The number of nitrogens with one attached hydrogen (secondary N) is 1. The van der Waals surface area contributed by atoms with Crippen LogP contribution in [0.15, 0.2) is 24.3 Å². The average molecular weight is 260 g/mol. The van der Waals surface area contributed by atoms with E-state index in [9.17, 15) is 0 Å². The van der Waals surface area contributed by atoms with E-state index in [1.165, 1.54) is 44.7 Å². The van der Waals surface area contributed by atoms with Gasteiger partial charge in [0.2, 0.25) is 0 Å². The molecule has 3 rings (SSSR count). The molecule has 1 spiro atoms. The molecule has 0 bridgehead atoms. The predicted octanol–water partition coefficient (Wildman–Crippen LogP) is 2.66. The Morgan fingerprint density at radius 1 is 1.11 bits per heavy atom. The molecule has 0 unspecified atom stereocenters. The third-order valence-electron chi connectivity index (χ3n) is 4.40. The number of hydrogen-bond acceptors (Lipinski definition) is 3. The predicted molar refractivity (Wildman–Crippen MR) is 79.0 cm³/mol. The van der Waals surface area contributed by atoms with Crippen LogP contribution in [-0.2, 0) is 0 Å². The van der Waals surface area contributed by atoms with Crippen molar-refractivity contribution in [3.63, 3.8) is 0 Å². The first-order chi connectivity index (χ1) is 9.17. The number of rotatable bonds is 3. The number of piperidine rings is 1. The fourth-order valence-corrected chi connectivity index (χ4v) is 3.08. The van der Waals surface area contributed by atoms with Crippen LogP contribution in [0.4, 0.5) is 5.69 Å². The molecule has 2 fully saturated rings. The van der Waals surface area contributed by atoms with E-state index in [1.54, 1.807) is 0 Å². The third-order valence-corrected chi connectivity index (χ3v) is 4.40. The molecule has 0 aromatic heterocycles. The molecule has 2 heterocycles. The lowest BCUT2D eigenvalue weighted by atomic mass is 9.73. The third kappa shape index (κ3) is 2.71. The normalized spacial score (nSPS) is 21.5. The molecule has 0 amide bonds. The molecule has 2 aliphatic heterocycles. The van der Waals surface area contributed by atoms with Crippen molar-refractivity contribution in [2.45, 2.75) is 32.8 Å². The van der Waals surface area contributed by atoms with E-state index in [-0.39, 0.29) is 6.10 Å². The van der Waals surface area contributed by atoms with E-state index < -0.39 is 0 Å². The lowest BCUT2D eigenvalue weighted by molar-refractivity contribution is 0.126. The van der Waals surface area contributed by atoms with Gasteiger partial charge in [0.05, 0.1) is 6.10 Å². The number of nitrogens with zero attached hydrogens (tertiary/aromatic N) is 1. The molecule has 104 valence electrons. The van der Waals surface area contributed by atoms with Crippen LogP contribution in [-0.4, -0.2) is 32.3 Å². The topological polar surface area (TPSA) is 24.5 Å². The Morgan fingerprint density at radius 3 is 2.21 bits per heavy atom. The minimum Gasteiger partial charge on any atom is -0.491 e. The second-order valence-electron chi connectivity index (χ2n) is 6.25. The van der Waals surface area contributed by atoms with Crippen LogP contribution in [0.1, 0.15) is 26.7 Å². The standard InChI is InChI=1S/C16H24N2O/c1-13(2)19-15-5-3-14(4-6-15)18-9-7-16(8-10-18)11-17-12-16/h3-6,13,17H,7-12H2,1-2H3. The molecule has 1 aromatic rings. The highest BCUT2D eigenvalue weighted by molar-refractivity contribution is 5.49.